The first-order valence-electron chi connectivity index (χ1n) is 9.20. The predicted octanol–water partition coefficient (Wildman–Crippen LogP) is 5.31. The smallest absolute Gasteiger partial charge is 0.271 e. The van der Waals surface area contributed by atoms with Crippen molar-refractivity contribution in [3.8, 4) is 0 Å². The molecular weight excluding hydrogens is 455 g/mol. The molecule has 0 aliphatic rings. The number of amides is 2. The van der Waals surface area contributed by atoms with Crippen LogP contribution in [0.5, 0.6) is 0 Å². The standard InChI is InChI=1S/C22H16Cl2N4O4/c1-13(26-27-21(29)15-5-3-7-18(11-15)28(31)32)14-4-2-6-17(10-14)25-22(30)19-9-8-16(23)12-20(19)24/h2-12H,1H3,(H,25,30)(H,27,29)/b26-13-. The van der Waals surface area contributed by atoms with E-state index in [4.69, 9.17) is 23.2 Å². The lowest BCUT2D eigenvalue weighted by atomic mass is 10.1. The molecule has 0 heterocycles. The number of carbonyl (C=O) groups excluding carboxylic acids is 2. The van der Waals surface area contributed by atoms with Crippen molar-refractivity contribution in [1.82, 2.24) is 5.43 Å². The normalized spacial score (nSPS) is 11.0. The lowest BCUT2D eigenvalue weighted by Gasteiger charge is -2.09. The van der Waals surface area contributed by atoms with Crippen LogP contribution < -0.4 is 10.7 Å². The first kappa shape index (κ1) is 22.9. The number of nitro groups is 1. The highest BCUT2D eigenvalue weighted by Crippen LogP contribution is 2.22. The van der Waals surface area contributed by atoms with Crippen LogP contribution in [0.1, 0.15) is 33.2 Å². The monoisotopic (exact) mass is 470 g/mol. The summed E-state index contributed by atoms with van der Waals surface area (Å²) in [4.78, 5) is 35.0. The Hall–Kier alpha value is -3.75. The van der Waals surface area contributed by atoms with Crippen LogP contribution in [0, 0.1) is 10.1 Å². The highest BCUT2D eigenvalue weighted by Gasteiger charge is 2.13. The van der Waals surface area contributed by atoms with E-state index in [9.17, 15) is 19.7 Å². The van der Waals surface area contributed by atoms with Crippen molar-refractivity contribution in [1.29, 1.82) is 0 Å². The molecule has 2 amide bonds. The van der Waals surface area contributed by atoms with Gasteiger partial charge in [-0.25, -0.2) is 5.43 Å². The molecule has 0 saturated heterocycles. The van der Waals surface area contributed by atoms with Gasteiger partial charge in [-0.1, -0.05) is 41.4 Å². The molecule has 0 radical (unpaired) electrons. The number of benzene rings is 3. The Bertz CT molecular complexity index is 1240. The summed E-state index contributed by atoms with van der Waals surface area (Å²) < 4.78 is 0. The lowest BCUT2D eigenvalue weighted by Crippen LogP contribution is -2.19. The predicted molar refractivity (Wildman–Crippen MR) is 124 cm³/mol. The fourth-order valence-corrected chi connectivity index (χ4v) is 3.21. The second-order valence-corrected chi connectivity index (χ2v) is 7.45. The van der Waals surface area contributed by atoms with Gasteiger partial charge < -0.3 is 5.32 Å². The minimum Gasteiger partial charge on any atom is -0.322 e. The van der Waals surface area contributed by atoms with Crippen LogP contribution >= 0.6 is 23.2 Å². The number of hydrogen-bond donors (Lipinski definition) is 2. The maximum atomic E-state index is 12.5. The van der Waals surface area contributed by atoms with E-state index in [1.54, 1.807) is 37.3 Å². The summed E-state index contributed by atoms with van der Waals surface area (Å²) >= 11 is 11.9. The van der Waals surface area contributed by atoms with Crippen molar-refractivity contribution in [3.05, 3.63) is 104 Å². The van der Waals surface area contributed by atoms with E-state index in [1.807, 2.05) is 0 Å². The average molecular weight is 471 g/mol. The highest BCUT2D eigenvalue weighted by molar-refractivity contribution is 6.37. The number of nitro benzene ring substituents is 1. The van der Waals surface area contributed by atoms with Crippen LogP contribution in [-0.2, 0) is 0 Å². The topological polar surface area (TPSA) is 114 Å². The number of hydrogen-bond acceptors (Lipinski definition) is 5. The summed E-state index contributed by atoms with van der Waals surface area (Å²) in [5.41, 5.74) is 4.16. The van der Waals surface area contributed by atoms with Crippen molar-refractivity contribution in [2.24, 2.45) is 5.10 Å². The Balaban J connectivity index is 1.71. The third-order valence-corrected chi connectivity index (χ3v) is 4.91. The summed E-state index contributed by atoms with van der Waals surface area (Å²) in [7, 11) is 0. The molecular formula is C22H16Cl2N4O4. The van der Waals surface area contributed by atoms with Crippen molar-refractivity contribution in [2.75, 3.05) is 5.32 Å². The van der Waals surface area contributed by atoms with Crippen LogP contribution in [0.25, 0.3) is 0 Å². The maximum absolute atomic E-state index is 12.5. The molecule has 0 fully saturated rings. The Morgan fingerprint density at radius 2 is 1.66 bits per heavy atom. The fourth-order valence-electron chi connectivity index (χ4n) is 2.72. The molecule has 8 nitrogen and oxygen atoms in total. The number of carbonyl (C=O) groups is 2. The van der Waals surface area contributed by atoms with Gasteiger partial charge in [-0.2, -0.15) is 5.10 Å². The lowest BCUT2D eigenvalue weighted by molar-refractivity contribution is -0.384. The van der Waals surface area contributed by atoms with E-state index in [-0.39, 0.29) is 21.8 Å². The quantitative estimate of drug-likeness (QED) is 0.288. The van der Waals surface area contributed by atoms with Crippen LogP contribution in [0.2, 0.25) is 10.0 Å². The molecule has 0 saturated carbocycles. The SMILES string of the molecule is C/C(=N/NC(=O)c1cccc([N+](=O)[O-])c1)c1cccc(NC(=O)c2ccc(Cl)cc2Cl)c1. The van der Waals surface area contributed by atoms with Crippen LogP contribution in [0.3, 0.4) is 0 Å². The number of hydrazone groups is 1. The molecule has 0 spiro atoms. The Kier molecular flexibility index (Phi) is 7.19. The Morgan fingerprint density at radius 3 is 2.38 bits per heavy atom. The van der Waals surface area contributed by atoms with Crippen molar-refractivity contribution >= 4 is 52.1 Å². The number of nitrogens with one attached hydrogen (secondary N) is 2. The van der Waals surface area contributed by atoms with Gasteiger partial charge in [0, 0.05) is 28.4 Å². The summed E-state index contributed by atoms with van der Waals surface area (Å²) in [6, 6.07) is 16.8. The first-order chi connectivity index (χ1) is 15.2. The van der Waals surface area contributed by atoms with E-state index in [0.29, 0.717) is 22.0 Å². The molecule has 0 aliphatic heterocycles. The highest BCUT2D eigenvalue weighted by atomic mass is 35.5. The zero-order chi connectivity index (χ0) is 23.3. The van der Waals surface area contributed by atoms with E-state index in [0.717, 1.165) is 6.07 Å². The van der Waals surface area contributed by atoms with Crippen LogP contribution in [0.4, 0.5) is 11.4 Å². The van der Waals surface area contributed by atoms with E-state index < -0.39 is 16.7 Å². The molecule has 3 rings (SSSR count). The van der Waals surface area contributed by atoms with Gasteiger partial charge in [0.05, 0.1) is 21.2 Å². The molecule has 0 aromatic heterocycles. The van der Waals surface area contributed by atoms with Gasteiger partial charge in [0.15, 0.2) is 0 Å². The summed E-state index contributed by atoms with van der Waals surface area (Å²) in [5, 5.41) is 18.3. The summed E-state index contributed by atoms with van der Waals surface area (Å²) in [6.07, 6.45) is 0. The second-order valence-electron chi connectivity index (χ2n) is 6.60. The zero-order valence-electron chi connectivity index (χ0n) is 16.6. The molecule has 32 heavy (non-hydrogen) atoms. The Labute approximate surface area is 193 Å². The van der Waals surface area contributed by atoms with Crippen LogP contribution in [-0.4, -0.2) is 22.4 Å². The first-order valence-corrected chi connectivity index (χ1v) is 9.96. The molecule has 0 aliphatic carbocycles. The van der Waals surface area contributed by atoms with Crippen LogP contribution in [0.15, 0.2) is 71.8 Å². The van der Waals surface area contributed by atoms with Gasteiger partial charge in [-0.05, 0) is 48.9 Å². The van der Waals surface area contributed by atoms with Gasteiger partial charge in [-0.15, -0.1) is 0 Å². The maximum Gasteiger partial charge on any atom is 0.271 e. The Morgan fingerprint density at radius 1 is 0.938 bits per heavy atom. The van der Waals surface area contributed by atoms with Gasteiger partial charge in [-0.3, -0.25) is 19.7 Å². The number of rotatable bonds is 6. The molecule has 0 unspecified atom stereocenters. The van der Waals surface area contributed by atoms with Gasteiger partial charge >= 0.3 is 0 Å². The van der Waals surface area contributed by atoms with Gasteiger partial charge in [0.25, 0.3) is 17.5 Å². The summed E-state index contributed by atoms with van der Waals surface area (Å²) in [6.45, 7) is 1.67. The number of halogens is 2. The second kappa shape index (κ2) is 10.0. The number of non-ortho nitro benzene ring substituents is 1. The molecule has 10 heteroatoms. The zero-order valence-corrected chi connectivity index (χ0v) is 18.1. The largest absolute Gasteiger partial charge is 0.322 e. The van der Waals surface area contributed by atoms with Gasteiger partial charge in [0.1, 0.15) is 0 Å². The van der Waals surface area contributed by atoms with E-state index >= 15 is 0 Å². The number of nitrogens with zero attached hydrogens (tertiary/aromatic N) is 2. The van der Waals surface area contributed by atoms with Gasteiger partial charge in [0.2, 0.25) is 0 Å². The molecule has 3 aromatic carbocycles. The fraction of sp³-hybridized carbons (Fsp3) is 0.0455. The molecule has 3 aromatic rings. The van der Waals surface area contributed by atoms with Crippen molar-refractivity contribution < 1.29 is 14.5 Å². The molecule has 162 valence electrons. The average Bonchev–Trinajstić information content (AvgIpc) is 2.77. The van der Waals surface area contributed by atoms with Crippen molar-refractivity contribution in [2.45, 2.75) is 6.92 Å². The molecule has 2 N–H and O–H groups in total. The minimum absolute atomic E-state index is 0.108. The third kappa shape index (κ3) is 5.69. The van der Waals surface area contributed by atoms with E-state index in [1.165, 1.54) is 30.3 Å². The summed E-state index contributed by atoms with van der Waals surface area (Å²) in [5.74, 6) is -0.993. The number of anilines is 1. The van der Waals surface area contributed by atoms with Crippen molar-refractivity contribution in [3.63, 3.8) is 0 Å². The minimum atomic E-state index is -0.588. The third-order valence-electron chi connectivity index (χ3n) is 4.36. The molecule has 0 atom stereocenters. The molecule has 0 bridgehead atoms. The van der Waals surface area contributed by atoms with E-state index in [2.05, 4.69) is 15.8 Å².